The normalized spacial score (nSPS) is 14.1. The van der Waals surface area contributed by atoms with Crippen LogP contribution in [0.2, 0.25) is 0 Å². The van der Waals surface area contributed by atoms with Crippen molar-refractivity contribution in [2.45, 2.75) is 51.2 Å². The van der Waals surface area contributed by atoms with Gasteiger partial charge in [0.15, 0.2) is 0 Å². The summed E-state index contributed by atoms with van der Waals surface area (Å²) in [5.74, 6) is -0.863. The van der Waals surface area contributed by atoms with Crippen molar-refractivity contribution in [3.8, 4) is 0 Å². The zero-order chi connectivity index (χ0) is 21.8. The molecular formula is C21H33N3O4S. The Morgan fingerprint density at radius 3 is 2.10 bits per heavy atom. The Morgan fingerprint density at radius 2 is 1.59 bits per heavy atom. The second kappa shape index (κ2) is 13.2. The minimum absolute atomic E-state index is 0.155. The summed E-state index contributed by atoms with van der Waals surface area (Å²) in [6, 6.07) is 6.88. The third-order valence-electron chi connectivity index (χ3n) is 4.51. The molecule has 3 unspecified atom stereocenters. The lowest BCUT2D eigenvalue weighted by molar-refractivity contribution is -0.142. The van der Waals surface area contributed by atoms with E-state index in [1.54, 1.807) is 18.8 Å². The predicted octanol–water partition coefficient (Wildman–Crippen LogP) is 1.67. The number of hydrogen-bond donors (Lipinski definition) is 4. The first kappa shape index (κ1) is 25.0. The van der Waals surface area contributed by atoms with E-state index in [-0.39, 0.29) is 18.2 Å². The van der Waals surface area contributed by atoms with E-state index in [4.69, 9.17) is 0 Å². The van der Waals surface area contributed by atoms with Gasteiger partial charge in [0.2, 0.25) is 11.8 Å². The number of aliphatic carboxylic acids is 1. The summed E-state index contributed by atoms with van der Waals surface area (Å²) >= 11 is 1.65. The Balaban J connectivity index is 2.84. The molecular weight excluding hydrogens is 390 g/mol. The minimum atomic E-state index is -1.11. The largest absolute Gasteiger partial charge is 0.480 e. The first-order valence-corrected chi connectivity index (χ1v) is 11.2. The SMILES string of the molecule is CNC(CCSC)C(=O)NC(CC(C)C)C(=O)NC(Cc1ccccc1)C(=O)O. The van der Waals surface area contributed by atoms with Gasteiger partial charge in [-0.2, -0.15) is 11.8 Å². The van der Waals surface area contributed by atoms with Gasteiger partial charge in [0.05, 0.1) is 6.04 Å². The smallest absolute Gasteiger partial charge is 0.326 e. The summed E-state index contributed by atoms with van der Waals surface area (Å²) in [5, 5.41) is 17.9. The molecule has 0 spiro atoms. The number of likely N-dealkylation sites (N-methyl/N-ethyl adjacent to an activating group) is 1. The zero-order valence-corrected chi connectivity index (χ0v) is 18.4. The van der Waals surface area contributed by atoms with Crippen molar-refractivity contribution in [3.63, 3.8) is 0 Å². The number of hydrogen-bond acceptors (Lipinski definition) is 5. The van der Waals surface area contributed by atoms with E-state index in [1.807, 2.05) is 50.4 Å². The molecule has 0 saturated heterocycles. The van der Waals surface area contributed by atoms with Gasteiger partial charge < -0.3 is 21.1 Å². The molecule has 4 N–H and O–H groups in total. The monoisotopic (exact) mass is 423 g/mol. The van der Waals surface area contributed by atoms with Crippen molar-refractivity contribution < 1.29 is 19.5 Å². The highest BCUT2D eigenvalue weighted by Gasteiger charge is 2.29. The quantitative estimate of drug-likeness (QED) is 0.384. The van der Waals surface area contributed by atoms with Gasteiger partial charge in [-0.15, -0.1) is 0 Å². The van der Waals surface area contributed by atoms with E-state index in [0.717, 1.165) is 11.3 Å². The van der Waals surface area contributed by atoms with Gasteiger partial charge >= 0.3 is 5.97 Å². The topological polar surface area (TPSA) is 108 Å². The average molecular weight is 424 g/mol. The highest BCUT2D eigenvalue weighted by Crippen LogP contribution is 2.09. The third-order valence-corrected chi connectivity index (χ3v) is 5.16. The highest BCUT2D eigenvalue weighted by molar-refractivity contribution is 7.98. The Bertz CT molecular complexity index is 655. The van der Waals surface area contributed by atoms with Crippen LogP contribution in [0.3, 0.4) is 0 Å². The van der Waals surface area contributed by atoms with E-state index in [0.29, 0.717) is 12.8 Å². The molecule has 162 valence electrons. The Kier molecular flexibility index (Phi) is 11.4. The van der Waals surface area contributed by atoms with Crippen LogP contribution in [0.25, 0.3) is 0 Å². The second-order valence-corrected chi connectivity index (χ2v) is 8.39. The molecule has 0 bridgehead atoms. The molecule has 1 aromatic rings. The zero-order valence-electron chi connectivity index (χ0n) is 17.6. The Hall–Kier alpha value is -2.06. The van der Waals surface area contributed by atoms with E-state index in [1.165, 1.54) is 0 Å². The summed E-state index contributed by atoms with van der Waals surface area (Å²) in [6.07, 6.45) is 3.22. The third kappa shape index (κ3) is 9.32. The molecule has 1 aromatic carbocycles. The van der Waals surface area contributed by atoms with Gasteiger partial charge in [-0.05, 0) is 43.4 Å². The van der Waals surface area contributed by atoms with Gasteiger partial charge in [-0.1, -0.05) is 44.2 Å². The molecule has 0 heterocycles. The van der Waals surface area contributed by atoms with Gasteiger partial charge in [-0.3, -0.25) is 9.59 Å². The second-order valence-electron chi connectivity index (χ2n) is 7.40. The van der Waals surface area contributed by atoms with Crippen LogP contribution in [0.4, 0.5) is 0 Å². The fourth-order valence-corrected chi connectivity index (χ4v) is 3.41. The highest BCUT2D eigenvalue weighted by atomic mass is 32.2. The molecule has 3 atom stereocenters. The molecule has 0 aliphatic carbocycles. The summed E-state index contributed by atoms with van der Waals surface area (Å²) in [5.41, 5.74) is 0.817. The fraction of sp³-hybridized carbons (Fsp3) is 0.571. The van der Waals surface area contributed by atoms with Gasteiger partial charge in [-0.25, -0.2) is 4.79 Å². The molecule has 0 aliphatic heterocycles. The number of rotatable bonds is 13. The van der Waals surface area contributed by atoms with E-state index >= 15 is 0 Å². The van der Waals surface area contributed by atoms with Crippen molar-refractivity contribution >= 4 is 29.5 Å². The Morgan fingerprint density at radius 1 is 1.00 bits per heavy atom. The maximum Gasteiger partial charge on any atom is 0.326 e. The van der Waals surface area contributed by atoms with E-state index in [2.05, 4.69) is 16.0 Å². The molecule has 0 fully saturated rings. The molecule has 29 heavy (non-hydrogen) atoms. The maximum absolute atomic E-state index is 12.8. The average Bonchev–Trinajstić information content (AvgIpc) is 2.67. The number of thioether (sulfide) groups is 1. The summed E-state index contributed by atoms with van der Waals surface area (Å²) in [6.45, 7) is 3.91. The molecule has 0 aliphatic rings. The summed E-state index contributed by atoms with van der Waals surface area (Å²) in [7, 11) is 1.71. The number of carbonyl (C=O) groups excluding carboxylic acids is 2. The lowest BCUT2D eigenvalue weighted by Gasteiger charge is -2.25. The van der Waals surface area contributed by atoms with Gasteiger partial charge in [0, 0.05) is 6.42 Å². The van der Waals surface area contributed by atoms with Crippen molar-refractivity contribution in [2.24, 2.45) is 5.92 Å². The number of benzene rings is 1. The molecule has 0 aromatic heterocycles. The number of nitrogens with one attached hydrogen (secondary N) is 3. The van der Waals surface area contributed by atoms with Crippen LogP contribution >= 0.6 is 11.8 Å². The molecule has 0 saturated carbocycles. The van der Waals surface area contributed by atoms with Crippen LogP contribution in [-0.2, 0) is 20.8 Å². The first-order chi connectivity index (χ1) is 13.8. The maximum atomic E-state index is 12.8. The van der Waals surface area contributed by atoms with Crippen molar-refractivity contribution in [1.29, 1.82) is 0 Å². The molecule has 1 rings (SSSR count). The molecule has 0 radical (unpaired) electrons. The van der Waals surface area contributed by atoms with Crippen molar-refractivity contribution in [2.75, 3.05) is 19.1 Å². The van der Waals surface area contributed by atoms with Gasteiger partial charge in [0.1, 0.15) is 12.1 Å². The summed E-state index contributed by atoms with van der Waals surface area (Å²) in [4.78, 5) is 37.1. The van der Waals surface area contributed by atoms with E-state index in [9.17, 15) is 19.5 Å². The number of carboxylic acid groups (broad SMARTS) is 1. The number of carbonyl (C=O) groups is 3. The van der Waals surface area contributed by atoms with Crippen LogP contribution in [0.1, 0.15) is 32.3 Å². The lowest BCUT2D eigenvalue weighted by atomic mass is 10.0. The van der Waals surface area contributed by atoms with Crippen LogP contribution in [-0.4, -0.2) is 60.1 Å². The lowest BCUT2D eigenvalue weighted by Crippen LogP contribution is -2.55. The molecule has 2 amide bonds. The fourth-order valence-electron chi connectivity index (χ4n) is 2.94. The van der Waals surface area contributed by atoms with Crippen LogP contribution < -0.4 is 16.0 Å². The molecule has 8 heteroatoms. The molecule has 7 nitrogen and oxygen atoms in total. The first-order valence-electron chi connectivity index (χ1n) is 9.82. The number of amides is 2. The van der Waals surface area contributed by atoms with Crippen molar-refractivity contribution in [1.82, 2.24) is 16.0 Å². The standard InChI is InChI=1S/C21H33N3O4S/c1-14(2)12-17(23-19(25)16(22-3)10-11-29-4)20(26)24-18(21(27)28)13-15-8-6-5-7-9-15/h5-9,14,16-18,22H,10-13H2,1-4H3,(H,23,25)(H,24,26)(H,27,28). The van der Waals surface area contributed by atoms with E-state index < -0.39 is 30.0 Å². The van der Waals surface area contributed by atoms with Crippen LogP contribution in [0.15, 0.2) is 30.3 Å². The minimum Gasteiger partial charge on any atom is -0.480 e. The van der Waals surface area contributed by atoms with Crippen LogP contribution in [0.5, 0.6) is 0 Å². The number of carboxylic acids is 1. The summed E-state index contributed by atoms with van der Waals surface area (Å²) < 4.78 is 0. The van der Waals surface area contributed by atoms with Crippen LogP contribution in [0, 0.1) is 5.92 Å². The predicted molar refractivity (Wildman–Crippen MR) is 117 cm³/mol. The Labute approximate surface area is 177 Å². The van der Waals surface area contributed by atoms with Crippen molar-refractivity contribution in [3.05, 3.63) is 35.9 Å². The van der Waals surface area contributed by atoms with Gasteiger partial charge in [0.25, 0.3) is 0 Å².